The van der Waals surface area contributed by atoms with Gasteiger partial charge in [-0.3, -0.25) is 4.90 Å². The van der Waals surface area contributed by atoms with Gasteiger partial charge in [-0.25, -0.2) is 14.4 Å². The minimum atomic E-state index is -1.14. The van der Waals surface area contributed by atoms with Crippen LogP contribution in [0.4, 0.5) is 4.79 Å². The van der Waals surface area contributed by atoms with Gasteiger partial charge in [0, 0.05) is 12.3 Å². The maximum absolute atomic E-state index is 12.9. The zero-order valence-corrected chi connectivity index (χ0v) is 19.5. The van der Waals surface area contributed by atoms with Gasteiger partial charge in [0.1, 0.15) is 24.9 Å². The van der Waals surface area contributed by atoms with E-state index in [4.69, 9.17) is 14.2 Å². The third kappa shape index (κ3) is 5.07. The van der Waals surface area contributed by atoms with Crippen LogP contribution < -0.4 is 0 Å². The van der Waals surface area contributed by atoms with Gasteiger partial charge in [0.25, 0.3) is 0 Å². The van der Waals surface area contributed by atoms with Gasteiger partial charge in [-0.2, -0.15) is 0 Å². The number of amides is 1. The number of benzene rings is 2. The molecule has 0 radical (unpaired) electrons. The summed E-state index contributed by atoms with van der Waals surface area (Å²) < 4.78 is 16.4. The van der Waals surface area contributed by atoms with Crippen LogP contribution in [0.25, 0.3) is 11.1 Å². The Morgan fingerprint density at radius 2 is 1.59 bits per heavy atom. The Bertz CT molecular complexity index is 1050. The highest BCUT2D eigenvalue weighted by molar-refractivity contribution is 5.82. The van der Waals surface area contributed by atoms with Crippen molar-refractivity contribution in [2.75, 3.05) is 19.8 Å². The number of likely N-dealkylation sites (tertiary alicyclic amines) is 1. The molecule has 1 fully saturated rings. The van der Waals surface area contributed by atoms with Crippen molar-refractivity contribution in [3.05, 3.63) is 59.7 Å². The maximum Gasteiger partial charge on any atom is 0.410 e. The first-order valence-corrected chi connectivity index (χ1v) is 11.3. The number of ether oxygens (including phenoxy) is 3. The first-order chi connectivity index (χ1) is 16.1. The molecule has 0 saturated carbocycles. The lowest BCUT2D eigenvalue weighted by Crippen LogP contribution is -2.41. The first kappa shape index (κ1) is 23.8. The van der Waals surface area contributed by atoms with Crippen molar-refractivity contribution < 1.29 is 33.7 Å². The van der Waals surface area contributed by atoms with Crippen LogP contribution in [0, 0.1) is 0 Å². The first-order valence-electron chi connectivity index (χ1n) is 11.3. The van der Waals surface area contributed by atoms with Crippen molar-refractivity contribution in [1.29, 1.82) is 0 Å². The molecule has 180 valence electrons. The number of rotatable bonds is 6. The van der Waals surface area contributed by atoms with E-state index in [-0.39, 0.29) is 32.1 Å². The molecule has 2 atom stereocenters. The van der Waals surface area contributed by atoms with Crippen LogP contribution in [0.3, 0.4) is 0 Å². The lowest BCUT2D eigenvalue weighted by Gasteiger charge is -2.22. The largest absolute Gasteiger partial charge is 0.480 e. The third-order valence-electron chi connectivity index (χ3n) is 5.98. The van der Waals surface area contributed by atoms with E-state index in [1.54, 1.807) is 20.8 Å². The molecule has 8 nitrogen and oxygen atoms in total. The van der Waals surface area contributed by atoms with Crippen molar-refractivity contribution in [3.63, 3.8) is 0 Å². The Labute approximate surface area is 198 Å². The van der Waals surface area contributed by atoms with Crippen LogP contribution in [0.15, 0.2) is 48.5 Å². The SMILES string of the molecule is CC(C)(C)OC(=O)CO[C@@H]1C[C@@H](C(=O)O)N(C(=O)OCC2c3ccccc3-c3ccccc32)C1. The monoisotopic (exact) mass is 467 g/mol. The van der Waals surface area contributed by atoms with Crippen LogP contribution in [-0.2, 0) is 23.8 Å². The van der Waals surface area contributed by atoms with Crippen LogP contribution in [0.2, 0.25) is 0 Å². The van der Waals surface area contributed by atoms with Gasteiger partial charge in [0.15, 0.2) is 0 Å². The predicted octanol–water partition coefficient (Wildman–Crippen LogP) is 3.82. The number of nitrogens with zero attached hydrogens (tertiary/aromatic N) is 1. The molecule has 2 aliphatic rings. The van der Waals surface area contributed by atoms with Crippen molar-refractivity contribution in [3.8, 4) is 11.1 Å². The summed E-state index contributed by atoms with van der Waals surface area (Å²) in [5.74, 6) is -1.81. The fraction of sp³-hybridized carbons (Fsp3) is 0.423. The summed E-state index contributed by atoms with van der Waals surface area (Å²) in [4.78, 5) is 37.8. The van der Waals surface area contributed by atoms with Gasteiger partial charge in [-0.1, -0.05) is 48.5 Å². The minimum absolute atomic E-state index is 0.0242. The van der Waals surface area contributed by atoms with E-state index in [0.29, 0.717) is 0 Å². The Kier molecular flexibility index (Phi) is 6.61. The molecule has 1 heterocycles. The summed E-state index contributed by atoms with van der Waals surface area (Å²) >= 11 is 0. The summed E-state index contributed by atoms with van der Waals surface area (Å²) in [6, 6.07) is 14.9. The molecule has 8 heteroatoms. The highest BCUT2D eigenvalue weighted by Crippen LogP contribution is 2.44. The Morgan fingerprint density at radius 3 is 2.15 bits per heavy atom. The molecular weight excluding hydrogens is 438 g/mol. The van der Waals surface area contributed by atoms with E-state index in [1.807, 2.05) is 48.5 Å². The standard InChI is InChI=1S/C26H29NO7/c1-26(2,3)34-23(28)15-32-16-12-22(24(29)30)27(13-16)25(31)33-14-21-19-10-6-4-8-17(19)18-9-5-7-11-20(18)21/h4-11,16,21-22H,12-15H2,1-3H3,(H,29,30)/t16-,22+/m1/s1. The average Bonchev–Trinajstić information content (AvgIpc) is 3.35. The second kappa shape index (κ2) is 9.46. The number of carbonyl (C=O) groups is 3. The van der Waals surface area contributed by atoms with E-state index < -0.39 is 35.8 Å². The van der Waals surface area contributed by atoms with Gasteiger partial charge in [-0.15, -0.1) is 0 Å². The molecule has 0 bridgehead atoms. The van der Waals surface area contributed by atoms with Gasteiger partial charge in [-0.05, 0) is 43.0 Å². The number of carbonyl (C=O) groups excluding carboxylic acids is 2. The van der Waals surface area contributed by atoms with Crippen molar-refractivity contribution in [2.24, 2.45) is 0 Å². The van der Waals surface area contributed by atoms with Gasteiger partial charge in [0.05, 0.1) is 12.6 Å². The van der Waals surface area contributed by atoms with E-state index in [1.165, 1.54) is 0 Å². The second-order valence-electron chi connectivity index (χ2n) is 9.57. The third-order valence-corrected chi connectivity index (χ3v) is 5.98. The minimum Gasteiger partial charge on any atom is -0.480 e. The summed E-state index contributed by atoms with van der Waals surface area (Å²) in [6.07, 6.45) is -1.24. The summed E-state index contributed by atoms with van der Waals surface area (Å²) in [6.45, 7) is 5.06. The Morgan fingerprint density at radius 1 is 1.00 bits per heavy atom. The van der Waals surface area contributed by atoms with Crippen LogP contribution >= 0.6 is 0 Å². The lowest BCUT2D eigenvalue weighted by atomic mass is 9.98. The number of carboxylic acids is 1. The fourth-order valence-electron chi connectivity index (χ4n) is 4.59. The molecule has 1 aliphatic carbocycles. The molecular formula is C26H29NO7. The van der Waals surface area contributed by atoms with Crippen molar-refractivity contribution >= 4 is 18.0 Å². The van der Waals surface area contributed by atoms with Crippen molar-refractivity contribution in [1.82, 2.24) is 4.90 Å². The molecule has 0 unspecified atom stereocenters. The maximum atomic E-state index is 12.9. The molecule has 34 heavy (non-hydrogen) atoms. The molecule has 1 saturated heterocycles. The molecule has 2 aromatic rings. The number of fused-ring (bicyclic) bond motifs is 3. The van der Waals surface area contributed by atoms with Crippen LogP contribution in [-0.4, -0.2) is 65.5 Å². The molecule has 1 aliphatic heterocycles. The van der Waals surface area contributed by atoms with E-state index >= 15 is 0 Å². The number of aliphatic carboxylic acids is 1. The normalized spacial score (nSPS) is 19.4. The molecule has 2 aromatic carbocycles. The van der Waals surface area contributed by atoms with Crippen molar-refractivity contribution in [2.45, 2.75) is 50.9 Å². The number of esters is 1. The Balaban J connectivity index is 1.39. The Hall–Kier alpha value is -3.39. The second-order valence-corrected chi connectivity index (χ2v) is 9.57. The van der Waals surface area contributed by atoms with E-state index in [0.717, 1.165) is 27.2 Å². The number of hydrogen-bond donors (Lipinski definition) is 1. The molecule has 1 N–H and O–H groups in total. The van der Waals surface area contributed by atoms with Crippen LogP contribution in [0.5, 0.6) is 0 Å². The fourth-order valence-corrected chi connectivity index (χ4v) is 4.59. The quantitative estimate of drug-likeness (QED) is 0.644. The highest BCUT2D eigenvalue weighted by Gasteiger charge is 2.42. The molecule has 1 amide bonds. The zero-order valence-electron chi connectivity index (χ0n) is 19.5. The van der Waals surface area contributed by atoms with Crippen LogP contribution in [0.1, 0.15) is 44.2 Å². The van der Waals surface area contributed by atoms with Gasteiger partial charge < -0.3 is 19.3 Å². The zero-order chi connectivity index (χ0) is 24.5. The van der Waals surface area contributed by atoms with Gasteiger partial charge >= 0.3 is 18.0 Å². The van der Waals surface area contributed by atoms with E-state index in [2.05, 4.69) is 0 Å². The van der Waals surface area contributed by atoms with E-state index in [9.17, 15) is 19.5 Å². The smallest absolute Gasteiger partial charge is 0.410 e. The molecule has 0 spiro atoms. The summed E-state index contributed by atoms with van der Waals surface area (Å²) in [5, 5.41) is 9.62. The number of hydrogen-bond acceptors (Lipinski definition) is 6. The predicted molar refractivity (Wildman–Crippen MR) is 123 cm³/mol. The lowest BCUT2D eigenvalue weighted by molar-refractivity contribution is -0.162. The highest BCUT2D eigenvalue weighted by atomic mass is 16.6. The number of carboxylic acid groups (broad SMARTS) is 1. The topological polar surface area (TPSA) is 102 Å². The summed E-state index contributed by atoms with van der Waals surface area (Å²) in [7, 11) is 0. The summed E-state index contributed by atoms with van der Waals surface area (Å²) in [5.41, 5.74) is 3.73. The molecule has 0 aromatic heterocycles. The average molecular weight is 468 g/mol. The van der Waals surface area contributed by atoms with Gasteiger partial charge in [0.2, 0.25) is 0 Å². The molecule has 4 rings (SSSR count).